The molecule has 0 aliphatic heterocycles. The average Bonchev–Trinajstić information content (AvgIpc) is 2.23. The van der Waals surface area contributed by atoms with Crippen LogP contribution < -0.4 is 5.32 Å². The number of benzene rings is 1. The summed E-state index contributed by atoms with van der Waals surface area (Å²) in [6, 6.07) is 6.64. The van der Waals surface area contributed by atoms with Gasteiger partial charge in [0.25, 0.3) is 0 Å². The van der Waals surface area contributed by atoms with Crippen molar-refractivity contribution >= 4 is 15.8 Å². The van der Waals surface area contributed by atoms with E-state index < -0.39 is 15.8 Å². The maximum Gasteiger partial charge on any atom is 0.336 e. The third kappa shape index (κ3) is 4.97. The molecule has 0 aliphatic carbocycles. The molecular formula is C11H15NO4S. The van der Waals surface area contributed by atoms with Crippen molar-refractivity contribution in [1.82, 2.24) is 5.32 Å². The summed E-state index contributed by atoms with van der Waals surface area (Å²) in [6.07, 6.45) is 1.17. The molecule has 0 atom stereocenters. The van der Waals surface area contributed by atoms with E-state index in [9.17, 15) is 13.2 Å². The number of aromatic carboxylic acids is 1. The van der Waals surface area contributed by atoms with Gasteiger partial charge in [-0.1, -0.05) is 18.2 Å². The molecule has 1 aromatic carbocycles. The van der Waals surface area contributed by atoms with Gasteiger partial charge in [-0.3, -0.25) is 0 Å². The number of nitrogens with one attached hydrogen (secondary N) is 1. The molecule has 0 bridgehead atoms. The van der Waals surface area contributed by atoms with E-state index in [1.54, 1.807) is 18.2 Å². The second-order valence-corrected chi connectivity index (χ2v) is 6.03. The third-order valence-corrected chi connectivity index (χ3v) is 3.16. The van der Waals surface area contributed by atoms with Crippen LogP contribution in [0.3, 0.4) is 0 Å². The van der Waals surface area contributed by atoms with E-state index in [0.717, 1.165) is 0 Å². The van der Waals surface area contributed by atoms with Crippen molar-refractivity contribution in [2.45, 2.75) is 6.54 Å². The summed E-state index contributed by atoms with van der Waals surface area (Å²) in [7, 11) is -2.98. The molecular weight excluding hydrogens is 242 g/mol. The molecule has 0 spiro atoms. The van der Waals surface area contributed by atoms with Gasteiger partial charge in [0.2, 0.25) is 0 Å². The van der Waals surface area contributed by atoms with Gasteiger partial charge < -0.3 is 10.4 Å². The van der Waals surface area contributed by atoms with Crippen LogP contribution in [0.1, 0.15) is 15.9 Å². The van der Waals surface area contributed by atoms with Crippen molar-refractivity contribution in [3.05, 3.63) is 35.4 Å². The fourth-order valence-corrected chi connectivity index (χ4v) is 1.88. The van der Waals surface area contributed by atoms with Gasteiger partial charge in [0.05, 0.1) is 11.3 Å². The number of carboxylic acid groups (broad SMARTS) is 1. The minimum Gasteiger partial charge on any atom is -0.478 e. The highest BCUT2D eigenvalue weighted by atomic mass is 32.2. The Morgan fingerprint density at radius 2 is 2.00 bits per heavy atom. The van der Waals surface area contributed by atoms with Crippen molar-refractivity contribution in [2.75, 3.05) is 18.6 Å². The lowest BCUT2D eigenvalue weighted by Gasteiger charge is -2.07. The molecule has 1 rings (SSSR count). The predicted molar refractivity (Wildman–Crippen MR) is 64.8 cm³/mol. The van der Waals surface area contributed by atoms with Gasteiger partial charge in [0, 0.05) is 19.3 Å². The van der Waals surface area contributed by atoms with E-state index in [1.165, 1.54) is 12.3 Å². The lowest BCUT2D eigenvalue weighted by molar-refractivity contribution is 0.0695. The number of sulfone groups is 1. The molecule has 0 aliphatic rings. The fraction of sp³-hybridized carbons (Fsp3) is 0.364. The van der Waals surface area contributed by atoms with Gasteiger partial charge >= 0.3 is 5.97 Å². The van der Waals surface area contributed by atoms with Gasteiger partial charge in [-0.05, 0) is 11.6 Å². The average molecular weight is 257 g/mol. The standard InChI is InChI=1S/C11H15NO4S/c1-17(15,16)7-6-12-8-9-4-2-3-5-10(9)11(13)14/h2-5,12H,6-8H2,1H3,(H,13,14). The van der Waals surface area contributed by atoms with Gasteiger partial charge in [-0.15, -0.1) is 0 Å². The van der Waals surface area contributed by atoms with Crippen molar-refractivity contribution < 1.29 is 18.3 Å². The number of rotatable bonds is 6. The first-order valence-corrected chi connectivity index (χ1v) is 7.16. The summed E-state index contributed by atoms with van der Waals surface area (Å²) in [5.41, 5.74) is 0.882. The van der Waals surface area contributed by atoms with Crippen LogP contribution in [0, 0.1) is 0 Å². The fourth-order valence-electron chi connectivity index (χ4n) is 1.36. The van der Waals surface area contributed by atoms with E-state index in [-0.39, 0.29) is 11.3 Å². The zero-order chi connectivity index (χ0) is 12.9. The Hall–Kier alpha value is -1.40. The molecule has 6 heteroatoms. The van der Waals surface area contributed by atoms with Crippen molar-refractivity contribution in [2.24, 2.45) is 0 Å². The van der Waals surface area contributed by atoms with Crippen LogP contribution in [-0.4, -0.2) is 38.0 Å². The van der Waals surface area contributed by atoms with Crippen LogP contribution in [0.4, 0.5) is 0 Å². The number of carbonyl (C=O) groups is 1. The van der Waals surface area contributed by atoms with Crippen LogP contribution in [-0.2, 0) is 16.4 Å². The number of carboxylic acids is 1. The van der Waals surface area contributed by atoms with Crippen LogP contribution >= 0.6 is 0 Å². The first-order chi connectivity index (χ1) is 7.90. The molecule has 0 amide bonds. The second-order valence-electron chi connectivity index (χ2n) is 3.77. The lowest BCUT2D eigenvalue weighted by Crippen LogP contribution is -2.22. The van der Waals surface area contributed by atoms with Gasteiger partial charge in [-0.25, -0.2) is 13.2 Å². The monoisotopic (exact) mass is 257 g/mol. The van der Waals surface area contributed by atoms with E-state index in [2.05, 4.69) is 5.32 Å². The molecule has 1 aromatic rings. The minimum atomic E-state index is -2.98. The molecule has 94 valence electrons. The maximum absolute atomic E-state index is 10.9. The van der Waals surface area contributed by atoms with E-state index in [0.29, 0.717) is 18.7 Å². The smallest absolute Gasteiger partial charge is 0.336 e. The Labute approximate surface area is 100 Å². The summed E-state index contributed by atoms with van der Waals surface area (Å²) >= 11 is 0. The molecule has 5 nitrogen and oxygen atoms in total. The second kappa shape index (κ2) is 5.79. The molecule has 0 unspecified atom stereocenters. The normalized spacial score (nSPS) is 11.4. The van der Waals surface area contributed by atoms with Crippen LogP contribution in [0.15, 0.2) is 24.3 Å². The zero-order valence-corrected chi connectivity index (χ0v) is 10.3. The molecule has 17 heavy (non-hydrogen) atoms. The summed E-state index contributed by atoms with van der Waals surface area (Å²) in [4.78, 5) is 10.9. The topological polar surface area (TPSA) is 83.5 Å². The SMILES string of the molecule is CS(=O)(=O)CCNCc1ccccc1C(=O)O. The van der Waals surface area contributed by atoms with Gasteiger partial charge in [0.15, 0.2) is 0 Å². The predicted octanol–water partition coefficient (Wildman–Crippen LogP) is 0.519. The van der Waals surface area contributed by atoms with Gasteiger partial charge in [0.1, 0.15) is 9.84 Å². The molecule has 0 saturated carbocycles. The number of hydrogen-bond donors (Lipinski definition) is 2. The Morgan fingerprint density at radius 1 is 1.35 bits per heavy atom. The summed E-state index contributed by atoms with van der Waals surface area (Å²) < 4.78 is 21.8. The van der Waals surface area contributed by atoms with Crippen LogP contribution in [0.5, 0.6) is 0 Å². The highest BCUT2D eigenvalue weighted by Gasteiger charge is 2.08. The summed E-state index contributed by atoms with van der Waals surface area (Å²) in [5, 5.41) is 11.8. The summed E-state index contributed by atoms with van der Waals surface area (Å²) in [5.74, 6) is -0.937. The highest BCUT2D eigenvalue weighted by molar-refractivity contribution is 7.90. The van der Waals surface area contributed by atoms with Crippen molar-refractivity contribution in [3.8, 4) is 0 Å². The zero-order valence-electron chi connectivity index (χ0n) is 9.51. The first-order valence-electron chi connectivity index (χ1n) is 5.10. The van der Waals surface area contributed by atoms with Crippen molar-refractivity contribution in [1.29, 1.82) is 0 Å². The van der Waals surface area contributed by atoms with Crippen LogP contribution in [0.25, 0.3) is 0 Å². The van der Waals surface area contributed by atoms with E-state index in [4.69, 9.17) is 5.11 Å². The minimum absolute atomic E-state index is 0.0439. The Kier molecular flexibility index (Phi) is 4.65. The Morgan fingerprint density at radius 3 is 2.59 bits per heavy atom. The Bertz CT molecular complexity index is 496. The Balaban J connectivity index is 2.55. The van der Waals surface area contributed by atoms with Crippen LogP contribution in [0.2, 0.25) is 0 Å². The third-order valence-electron chi connectivity index (χ3n) is 2.21. The molecule has 0 aromatic heterocycles. The molecule has 0 fully saturated rings. The van der Waals surface area contributed by atoms with E-state index in [1.807, 2.05) is 0 Å². The quantitative estimate of drug-likeness (QED) is 0.726. The highest BCUT2D eigenvalue weighted by Crippen LogP contribution is 2.08. The maximum atomic E-state index is 10.9. The van der Waals surface area contributed by atoms with Gasteiger partial charge in [-0.2, -0.15) is 0 Å². The van der Waals surface area contributed by atoms with Crippen molar-refractivity contribution in [3.63, 3.8) is 0 Å². The molecule has 0 heterocycles. The van der Waals surface area contributed by atoms with E-state index >= 15 is 0 Å². The largest absolute Gasteiger partial charge is 0.478 e. The summed E-state index contributed by atoms with van der Waals surface area (Å²) in [6.45, 7) is 0.658. The molecule has 0 saturated heterocycles. The molecule has 2 N–H and O–H groups in total. The first kappa shape index (κ1) is 13.7. The lowest BCUT2D eigenvalue weighted by atomic mass is 10.1. The molecule has 0 radical (unpaired) electrons. The number of hydrogen-bond acceptors (Lipinski definition) is 4.